The number of anilines is 4. The Morgan fingerprint density at radius 3 is 2.78 bits per heavy atom. The minimum absolute atomic E-state index is 0.367. The molecule has 0 aliphatic rings. The molecule has 0 saturated heterocycles. The van der Waals surface area contributed by atoms with Crippen molar-refractivity contribution < 1.29 is 9.53 Å². The Morgan fingerprint density at radius 2 is 2.03 bits per heavy atom. The Morgan fingerprint density at radius 1 is 1.19 bits per heavy atom. The normalized spacial score (nSPS) is 10.5. The van der Waals surface area contributed by atoms with Crippen LogP contribution in [0.15, 0.2) is 48.9 Å². The smallest absolute Gasteiger partial charge is 0.300 e. The van der Waals surface area contributed by atoms with Crippen LogP contribution in [-0.4, -0.2) is 59.6 Å². The molecule has 10 heteroatoms. The molecular weight excluding hydrogens is 468 g/mol. The molecule has 190 valence electrons. The minimum atomic E-state index is -0.401. The van der Waals surface area contributed by atoms with Gasteiger partial charge in [-0.2, -0.15) is 0 Å². The summed E-state index contributed by atoms with van der Waals surface area (Å²) in [6, 6.07) is 11.5. The SMILES string of the molecule is CC#CC(=O)Nc1cc(Nc2nccc(-c3ncn4c(C)cccc34)n2)c(OC)cc1N(C)CCNC. The molecule has 4 aromatic rings. The third-order valence-corrected chi connectivity index (χ3v) is 5.83. The van der Waals surface area contributed by atoms with E-state index in [0.29, 0.717) is 28.8 Å². The number of nitrogens with one attached hydrogen (secondary N) is 3. The number of imidazole rings is 1. The summed E-state index contributed by atoms with van der Waals surface area (Å²) in [4.78, 5) is 28.0. The first kappa shape index (κ1) is 25.5. The standard InChI is InChI=1S/C27H30N8O2/c1-6-8-25(36)31-20-15-21(24(37-5)16-23(20)34(4)14-13-28-3)33-27-29-12-11-19(32-27)26-22-10-7-9-18(2)35(22)17-30-26/h7,9-12,15-17,28H,13-14H2,1-5H3,(H,31,36)(H,29,32,33). The third-order valence-electron chi connectivity index (χ3n) is 5.83. The summed E-state index contributed by atoms with van der Waals surface area (Å²) in [7, 11) is 5.43. The predicted molar refractivity (Wildman–Crippen MR) is 147 cm³/mol. The van der Waals surface area contributed by atoms with Crippen molar-refractivity contribution in [3.05, 3.63) is 54.6 Å². The molecule has 0 aliphatic heterocycles. The maximum absolute atomic E-state index is 12.3. The zero-order valence-corrected chi connectivity index (χ0v) is 21.6. The molecule has 10 nitrogen and oxygen atoms in total. The summed E-state index contributed by atoms with van der Waals surface area (Å²) in [6.07, 6.45) is 3.47. The number of nitrogens with zero attached hydrogens (tertiary/aromatic N) is 5. The lowest BCUT2D eigenvalue weighted by atomic mass is 10.2. The second-order valence-electron chi connectivity index (χ2n) is 8.33. The van der Waals surface area contributed by atoms with Crippen LogP contribution < -0.4 is 25.6 Å². The van der Waals surface area contributed by atoms with E-state index in [4.69, 9.17) is 9.72 Å². The maximum Gasteiger partial charge on any atom is 0.300 e. The van der Waals surface area contributed by atoms with E-state index in [1.54, 1.807) is 32.6 Å². The van der Waals surface area contributed by atoms with Gasteiger partial charge in [0.1, 0.15) is 17.8 Å². The van der Waals surface area contributed by atoms with Crippen LogP contribution in [0.25, 0.3) is 16.9 Å². The number of methoxy groups -OCH3 is 1. The van der Waals surface area contributed by atoms with Gasteiger partial charge >= 0.3 is 0 Å². The summed E-state index contributed by atoms with van der Waals surface area (Å²) in [5.41, 5.74) is 5.44. The highest BCUT2D eigenvalue weighted by molar-refractivity contribution is 6.06. The lowest BCUT2D eigenvalue weighted by molar-refractivity contribution is -0.111. The van der Waals surface area contributed by atoms with Crippen LogP contribution >= 0.6 is 0 Å². The molecule has 3 aromatic heterocycles. The number of pyridine rings is 1. The fraction of sp³-hybridized carbons (Fsp3) is 0.259. The van der Waals surface area contributed by atoms with E-state index in [2.05, 4.69) is 37.8 Å². The van der Waals surface area contributed by atoms with Crippen molar-refractivity contribution in [1.29, 1.82) is 0 Å². The van der Waals surface area contributed by atoms with E-state index in [-0.39, 0.29) is 0 Å². The van der Waals surface area contributed by atoms with Crippen LogP contribution in [0, 0.1) is 18.8 Å². The fourth-order valence-corrected chi connectivity index (χ4v) is 3.94. The van der Waals surface area contributed by atoms with E-state index in [1.807, 2.05) is 60.7 Å². The van der Waals surface area contributed by atoms with Gasteiger partial charge in [-0.1, -0.05) is 12.0 Å². The Hall–Kier alpha value is -4.62. The Labute approximate surface area is 216 Å². The molecule has 4 rings (SSSR count). The molecule has 0 saturated carbocycles. The van der Waals surface area contributed by atoms with Crippen LogP contribution in [0.2, 0.25) is 0 Å². The lowest BCUT2D eigenvalue weighted by Crippen LogP contribution is -2.28. The molecule has 0 unspecified atom stereocenters. The number of hydrogen-bond donors (Lipinski definition) is 3. The van der Waals surface area contributed by atoms with Crippen molar-refractivity contribution in [2.75, 3.05) is 49.8 Å². The summed E-state index contributed by atoms with van der Waals surface area (Å²) < 4.78 is 7.70. The van der Waals surface area contributed by atoms with Gasteiger partial charge in [0.15, 0.2) is 0 Å². The number of amides is 1. The van der Waals surface area contributed by atoms with Gasteiger partial charge in [-0.25, -0.2) is 15.0 Å². The molecule has 1 amide bonds. The van der Waals surface area contributed by atoms with Gasteiger partial charge in [0.2, 0.25) is 5.95 Å². The number of carbonyl (C=O) groups excluding carboxylic acids is 1. The monoisotopic (exact) mass is 498 g/mol. The van der Waals surface area contributed by atoms with E-state index < -0.39 is 5.91 Å². The first-order valence-corrected chi connectivity index (χ1v) is 11.8. The van der Waals surface area contributed by atoms with Gasteiger partial charge in [0.25, 0.3) is 5.91 Å². The maximum atomic E-state index is 12.3. The van der Waals surface area contributed by atoms with Gasteiger partial charge in [-0.15, -0.1) is 0 Å². The molecule has 0 aliphatic carbocycles. The van der Waals surface area contributed by atoms with Crippen molar-refractivity contribution >= 4 is 34.4 Å². The summed E-state index contributed by atoms with van der Waals surface area (Å²) in [5, 5.41) is 9.26. The zero-order valence-electron chi connectivity index (χ0n) is 21.6. The number of ether oxygens (including phenoxy) is 1. The largest absolute Gasteiger partial charge is 0.494 e. The first-order chi connectivity index (χ1) is 17.9. The summed E-state index contributed by atoms with van der Waals surface area (Å²) in [5.74, 6) is 5.69. The van der Waals surface area contributed by atoms with Gasteiger partial charge < -0.3 is 30.0 Å². The number of benzene rings is 1. The van der Waals surface area contributed by atoms with Crippen LogP contribution in [0.4, 0.5) is 23.0 Å². The fourth-order valence-electron chi connectivity index (χ4n) is 3.94. The molecular formula is C27H30N8O2. The number of carbonyl (C=O) groups is 1. The van der Waals surface area contributed by atoms with Crippen LogP contribution in [0.3, 0.4) is 0 Å². The first-order valence-electron chi connectivity index (χ1n) is 11.8. The summed E-state index contributed by atoms with van der Waals surface area (Å²) in [6.45, 7) is 5.14. The number of rotatable bonds is 9. The quantitative estimate of drug-likeness (QED) is 0.301. The molecule has 0 fully saturated rings. The van der Waals surface area contributed by atoms with Crippen molar-refractivity contribution in [3.63, 3.8) is 0 Å². The predicted octanol–water partition coefficient (Wildman–Crippen LogP) is 3.47. The Balaban J connectivity index is 1.71. The second-order valence-corrected chi connectivity index (χ2v) is 8.33. The topological polar surface area (TPSA) is 109 Å². The minimum Gasteiger partial charge on any atom is -0.494 e. The van der Waals surface area contributed by atoms with E-state index in [0.717, 1.165) is 35.7 Å². The van der Waals surface area contributed by atoms with Gasteiger partial charge in [0.05, 0.1) is 35.4 Å². The van der Waals surface area contributed by atoms with Gasteiger partial charge in [-0.3, -0.25) is 4.79 Å². The van der Waals surface area contributed by atoms with Crippen LogP contribution in [-0.2, 0) is 4.79 Å². The highest BCUT2D eigenvalue weighted by Crippen LogP contribution is 2.38. The second kappa shape index (κ2) is 11.4. The number of likely N-dealkylation sites (N-methyl/N-ethyl adjacent to an activating group) is 2. The van der Waals surface area contributed by atoms with Gasteiger partial charge in [-0.05, 0) is 51.1 Å². The van der Waals surface area contributed by atoms with Crippen molar-refractivity contribution in [3.8, 4) is 29.0 Å². The third kappa shape index (κ3) is 5.63. The number of aryl methyl sites for hydroxylation is 1. The number of hydrogen-bond acceptors (Lipinski definition) is 8. The molecule has 0 radical (unpaired) electrons. The van der Waals surface area contributed by atoms with Crippen molar-refractivity contribution in [2.45, 2.75) is 13.8 Å². The van der Waals surface area contributed by atoms with Crippen LogP contribution in [0.1, 0.15) is 12.6 Å². The molecule has 3 N–H and O–H groups in total. The van der Waals surface area contributed by atoms with Crippen molar-refractivity contribution in [1.82, 2.24) is 24.7 Å². The van der Waals surface area contributed by atoms with E-state index in [9.17, 15) is 4.79 Å². The van der Waals surface area contributed by atoms with Crippen LogP contribution in [0.5, 0.6) is 5.75 Å². The number of aromatic nitrogens is 4. The van der Waals surface area contributed by atoms with E-state index in [1.165, 1.54) is 0 Å². The average Bonchev–Trinajstić information content (AvgIpc) is 3.33. The average molecular weight is 499 g/mol. The van der Waals surface area contributed by atoms with E-state index >= 15 is 0 Å². The Bertz CT molecular complexity index is 1490. The lowest BCUT2D eigenvalue weighted by Gasteiger charge is -2.24. The molecule has 0 spiro atoms. The molecule has 37 heavy (non-hydrogen) atoms. The van der Waals surface area contributed by atoms with Crippen molar-refractivity contribution in [2.24, 2.45) is 0 Å². The highest BCUT2D eigenvalue weighted by Gasteiger charge is 2.17. The molecule has 0 atom stereocenters. The highest BCUT2D eigenvalue weighted by atomic mass is 16.5. The van der Waals surface area contributed by atoms with Gasteiger partial charge in [0, 0.05) is 38.1 Å². The number of fused-ring (bicyclic) bond motifs is 1. The zero-order chi connectivity index (χ0) is 26.4. The Kier molecular flexibility index (Phi) is 7.86. The molecule has 3 heterocycles. The summed E-state index contributed by atoms with van der Waals surface area (Å²) >= 11 is 0. The molecule has 0 bridgehead atoms. The molecule has 1 aromatic carbocycles.